The lowest BCUT2D eigenvalue weighted by Gasteiger charge is -2.32. The molecule has 1 heterocycles. The van der Waals surface area contributed by atoms with E-state index < -0.39 is 0 Å². The van der Waals surface area contributed by atoms with Crippen LogP contribution >= 0.6 is 15.9 Å². The third kappa shape index (κ3) is 3.65. The van der Waals surface area contributed by atoms with Crippen LogP contribution in [0.25, 0.3) is 0 Å². The van der Waals surface area contributed by atoms with Crippen molar-refractivity contribution in [1.29, 1.82) is 0 Å². The van der Waals surface area contributed by atoms with Crippen LogP contribution in [0, 0.1) is 0 Å². The van der Waals surface area contributed by atoms with Crippen LogP contribution < -0.4 is 10.6 Å². The van der Waals surface area contributed by atoms with E-state index in [0.29, 0.717) is 0 Å². The smallest absolute Gasteiger partial charge is 0.131 e. The first kappa shape index (κ1) is 16.1. The number of benzene rings is 3. The van der Waals surface area contributed by atoms with Gasteiger partial charge in [-0.15, -0.1) is 0 Å². The zero-order valence-electron chi connectivity index (χ0n) is 13.6. The Morgan fingerprint density at radius 1 is 0.760 bits per heavy atom. The molecule has 4 heteroatoms. The van der Waals surface area contributed by atoms with Crippen molar-refractivity contribution in [2.24, 2.45) is 4.99 Å². The molecule has 3 nitrogen and oxygen atoms in total. The Morgan fingerprint density at radius 2 is 1.44 bits per heavy atom. The van der Waals surface area contributed by atoms with Crippen molar-refractivity contribution >= 4 is 21.8 Å². The van der Waals surface area contributed by atoms with Gasteiger partial charge in [0, 0.05) is 10.0 Å². The minimum atomic E-state index is -0.112. The first-order valence-corrected chi connectivity index (χ1v) is 9.05. The maximum atomic E-state index is 4.91. The van der Waals surface area contributed by atoms with E-state index in [1.165, 1.54) is 5.56 Å². The van der Waals surface area contributed by atoms with Crippen molar-refractivity contribution in [2.45, 2.75) is 12.3 Å². The van der Waals surface area contributed by atoms with Crippen LogP contribution in [0.4, 0.5) is 0 Å². The van der Waals surface area contributed by atoms with Gasteiger partial charge in [0.1, 0.15) is 18.2 Å². The summed E-state index contributed by atoms with van der Waals surface area (Å²) in [4.78, 5) is 4.91. The van der Waals surface area contributed by atoms with Crippen molar-refractivity contribution in [3.8, 4) is 0 Å². The van der Waals surface area contributed by atoms with Crippen molar-refractivity contribution in [1.82, 2.24) is 10.6 Å². The van der Waals surface area contributed by atoms with Gasteiger partial charge in [-0.05, 0) is 23.3 Å². The summed E-state index contributed by atoms with van der Waals surface area (Å²) < 4.78 is 1.05. The molecular formula is C21H18BrN3. The fourth-order valence-corrected chi connectivity index (χ4v) is 3.38. The normalized spacial score (nSPS) is 19.8. The molecule has 4 rings (SSSR count). The first-order valence-electron chi connectivity index (χ1n) is 8.26. The third-order valence-electron chi connectivity index (χ3n) is 4.21. The highest BCUT2D eigenvalue weighted by Gasteiger charge is 2.25. The molecule has 124 valence electrons. The predicted molar refractivity (Wildman–Crippen MR) is 105 cm³/mol. The first-order chi connectivity index (χ1) is 12.3. The lowest BCUT2D eigenvalue weighted by Crippen LogP contribution is -2.44. The second-order valence-corrected chi connectivity index (χ2v) is 6.87. The van der Waals surface area contributed by atoms with Crippen molar-refractivity contribution in [3.63, 3.8) is 0 Å². The molecule has 0 aliphatic carbocycles. The molecule has 1 aliphatic heterocycles. The van der Waals surface area contributed by atoms with E-state index in [4.69, 9.17) is 4.99 Å². The summed E-state index contributed by atoms with van der Waals surface area (Å²) in [5.74, 6) is 0.901. The molecule has 0 saturated heterocycles. The molecule has 0 spiro atoms. The summed E-state index contributed by atoms with van der Waals surface area (Å²) in [6.07, 6.45) is -0.114. The lowest BCUT2D eigenvalue weighted by atomic mass is 10.1. The Balaban J connectivity index is 1.74. The quantitative estimate of drug-likeness (QED) is 0.673. The lowest BCUT2D eigenvalue weighted by molar-refractivity contribution is 0.409. The fraction of sp³-hybridized carbons (Fsp3) is 0.0952. The highest BCUT2D eigenvalue weighted by molar-refractivity contribution is 9.10. The summed E-state index contributed by atoms with van der Waals surface area (Å²) >= 11 is 3.56. The van der Waals surface area contributed by atoms with E-state index >= 15 is 0 Å². The van der Waals surface area contributed by atoms with E-state index in [-0.39, 0.29) is 12.3 Å². The van der Waals surface area contributed by atoms with Crippen LogP contribution in [-0.4, -0.2) is 5.84 Å². The van der Waals surface area contributed by atoms with Gasteiger partial charge in [0.15, 0.2) is 0 Å². The van der Waals surface area contributed by atoms with Gasteiger partial charge in [0.25, 0.3) is 0 Å². The standard InChI is InChI=1S/C21H18BrN3/c22-18-13-7-12-17(14-18)21-24-19(15-8-3-1-4-9-15)23-20(25-21)16-10-5-2-6-11-16/h1-14,19,21,24H,(H,23,25). The maximum Gasteiger partial charge on any atom is 0.131 e. The maximum absolute atomic E-state index is 4.91. The van der Waals surface area contributed by atoms with Crippen LogP contribution in [0.2, 0.25) is 0 Å². The van der Waals surface area contributed by atoms with Gasteiger partial charge in [0.05, 0.1) is 0 Å². The average molecular weight is 392 g/mol. The number of halogens is 1. The number of hydrogen-bond donors (Lipinski definition) is 2. The molecule has 1 aliphatic rings. The van der Waals surface area contributed by atoms with E-state index in [1.54, 1.807) is 0 Å². The summed E-state index contributed by atoms with van der Waals surface area (Å²) in [6.45, 7) is 0. The van der Waals surface area contributed by atoms with Crippen molar-refractivity contribution < 1.29 is 0 Å². The summed E-state index contributed by atoms with van der Waals surface area (Å²) in [7, 11) is 0. The second kappa shape index (κ2) is 7.21. The molecule has 0 saturated carbocycles. The number of nitrogens with one attached hydrogen (secondary N) is 2. The Labute approximate surface area is 155 Å². The minimum absolute atomic E-state index is 0.00196. The SMILES string of the molecule is Brc1cccc(C2N=C(c3ccccc3)NC(c3ccccc3)N2)c1. The van der Waals surface area contributed by atoms with Gasteiger partial charge in [-0.3, -0.25) is 5.32 Å². The second-order valence-electron chi connectivity index (χ2n) is 5.96. The summed E-state index contributed by atoms with van der Waals surface area (Å²) in [6, 6.07) is 28.9. The predicted octanol–water partition coefficient (Wildman–Crippen LogP) is 4.79. The molecule has 0 bridgehead atoms. The van der Waals surface area contributed by atoms with Crippen molar-refractivity contribution in [2.75, 3.05) is 0 Å². The molecule has 2 N–H and O–H groups in total. The summed E-state index contributed by atoms with van der Waals surface area (Å²) in [5, 5.41) is 7.12. The number of hydrogen-bond acceptors (Lipinski definition) is 3. The van der Waals surface area contributed by atoms with Gasteiger partial charge in [0.2, 0.25) is 0 Å². The van der Waals surface area contributed by atoms with E-state index in [2.05, 4.69) is 75.1 Å². The Kier molecular flexibility index (Phi) is 4.63. The fourth-order valence-electron chi connectivity index (χ4n) is 2.97. The van der Waals surface area contributed by atoms with Crippen LogP contribution in [0.15, 0.2) is 94.4 Å². The van der Waals surface area contributed by atoms with Gasteiger partial charge in [-0.1, -0.05) is 88.7 Å². The van der Waals surface area contributed by atoms with Crippen molar-refractivity contribution in [3.05, 3.63) is 106 Å². The highest BCUT2D eigenvalue weighted by atomic mass is 79.9. The molecule has 25 heavy (non-hydrogen) atoms. The molecule has 3 aromatic rings. The minimum Gasteiger partial charge on any atom is -0.350 e. The van der Waals surface area contributed by atoms with Gasteiger partial charge >= 0.3 is 0 Å². The molecule has 3 aromatic carbocycles. The average Bonchev–Trinajstić information content (AvgIpc) is 2.69. The number of rotatable bonds is 3. The molecule has 0 aromatic heterocycles. The molecule has 2 atom stereocenters. The van der Waals surface area contributed by atoms with E-state index in [0.717, 1.165) is 21.4 Å². The van der Waals surface area contributed by atoms with Crippen LogP contribution in [0.1, 0.15) is 29.0 Å². The number of nitrogens with zero attached hydrogens (tertiary/aromatic N) is 1. The van der Waals surface area contributed by atoms with Crippen LogP contribution in [-0.2, 0) is 0 Å². The molecule has 0 radical (unpaired) electrons. The Hall–Kier alpha value is -2.43. The van der Waals surface area contributed by atoms with E-state index in [1.807, 2.05) is 36.4 Å². The summed E-state index contributed by atoms with van der Waals surface area (Å²) in [5.41, 5.74) is 3.40. The number of amidine groups is 1. The molecular weight excluding hydrogens is 374 g/mol. The number of aliphatic imine (C=N–C) groups is 1. The monoisotopic (exact) mass is 391 g/mol. The van der Waals surface area contributed by atoms with Gasteiger partial charge in [-0.25, -0.2) is 4.99 Å². The van der Waals surface area contributed by atoms with Gasteiger partial charge < -0.3 is 5.32 Å². The molecule has 0 fully saturated rings. The third-order valence-corrected chi connectivity index (χ3v) is 4.70. The van der Waals surface area contributed by atoms with E-state index in [9.17, 15) is 0 Å². The Bertz CT molecular complexity index is 878. The Morgan fingerprint density at radius 3 is 2.16 bits per heavy atom. The van der Waals surface area contributed by atoms with Gasteiger partial charge in [-0.2, -0.15) is 0 Å². The molecule has 0 amide bonds. The van der Waals surface area contributed by atoms with Crippen LogP contribution in [0.5, 0.6) is 0 Å². The van der Waals surface area contributed by atoms with Crippen LogP contribution in [0.3, 0.4) is 0 Å². The zero-order valence-corrected chi connectivity index (χ0v) is 15.1. The topological polar surface area (TPSA) is 36.4 Å². The highest BCUT2D eigenvalue weighted by Crippen LogP contribution is 2.26. The largest absolute Gasteiger partial charge is 0.350 e. The molecule has 2 unspecified atom stereocenters. The zero-order chi connectivity index (χ0) is 17.1.